The molecule has 0 unspecified atom stereocenters. The predicted molar refractivity (Wildman–Crippen MR) is 61.8 cm³/mol. The molecule has 1 amide bonds. The molecule has 0 bridgehead atoms. The first-order valence-corrected chi connectivity index (χ1v) is 5.66. The van der Waals surface area contributed by atoms with E-state index in [1.807, 2.05) is 20.0 Å². The van der Waals surface area contributed by atoms with Crippen LogP contribution in [0.2, 0.25) is 0 Å². The van der Waals surface area contributed by atoms with Crippen LogP contribution in [-0.4, -0.2) is 39.0 Å². The van der Waals surface area contributed by atoms with Crippen molar-refractivity contribution in [3.63, 3.8) is 0 Å². The van der Waals surface area contributed by atoms with Crippen molar-refractivity contribution in [1.29, 1.82) is 0 Å². The molecule has 0 atom stereocenters. The highest BCUT2D eigenvalue weighted by Crippen LogP contribution is 2.28. The highest BCUT2D eigenvalue weighted by atomic mass is 16.4. The third-order valence-electron chi connectivity index (χ3n) is 3.15. The zero-order valence-electron chi connectivity index (χ0n) is 10.0. The Hall–Kier alpha value is -1.78. The number of amides is 1. The van der Waals surface area contributed by atoms with Crippen molar-refractivity contribution in [2.24, 2.45) is 7.05 Å². The fraction of sp³-hybridized carbons (Fsp3) is 0.500. The van der Waals surface area contributed by atoms with Gasteiger partial charge < -0.3 is 14.6 Å². The topological polar surface area (TPSA) is 62.5 Å². The quantitative estimate of drug-likeness (QED) is 0.849. The number of rotatable bonds is 4. The lowest BCUT2D eigenvalue weighted by Gasteiger charge is -2.20. The van der Waals surface area contributed by atoms with Crippen LogP contribution in [0.25, 0.3) is 0 Å². The molecule has 92 valence electrons. The Labute approximate surface area is 99.6 Å². The van der Waals surface area contributed by atoms with Gasteiger partial charge in [0.05, 0.1) is 0 Å². The maximum absolute atomic E-state index is 12.2. The number of hydrogen-bond acceptors (Lipinski definition) is 2. The molecule has 1 aromatic rings. The Morgan fingerprint density at radius 2 is 2.12 bits per heavy atom. The summed E-state index contributed by atoms with van der Waals surface area (Å²) in [6, 6.07) is 3.71. The third-order valence-corrected chi connectivity index (χ3v) is 3.15. The normalized spacial score (nSPS) is 14.7. The number of nitrogens with zero attached hydrogens (tertiary/aromatic N) is 2. The Balaban J connectivity index is 2.21. The summed E-state index contributed by atoms with van der Waals surface area (Å²) in [5.74, 6) is -1.15. The SMILES string of the molecule is Cc1ccc(C(=O)N(CC(=O)O)C2CC2)n1C. The summed E-state index contributed by atoms with van der Waals surface area (Å²) in [6.45, 7) is 1.70. The van der Waals surface area contributed by atoms with Gasteiger partial charge in [0.2, 0.25) is 0 Å². The molecule has 5 heteroatoms. The number of carboxylic acid groups (broad SMARTS) is 1. The van der Waals surface area contributed by atoms with Crippen molar-refractivity contribution in [1.82, 2.24) is 9.47 Å². The fourth-order valence-corrected chi connectivity index (χ4v) is 1.87. The molecule has 1 aliphatic carbocycles. The molecule has 0 spiro atoms. The van der Waals surface area contributed by atoms with E-state index in [1.54, 1.807) is 10.6 Å². The maximum atomic E-state index is 12.2. The molecule has 1 N–H and O–H groups in total. The van der Waals surface area contributed by atoms with Gasteiger partial charge in [-0.1, -0.05) is 0 Å². The van der Waals surface area contributed by atoms with Crippen LogP contribution in [-0.2, 0) is 11.8 Å². The minimum atomic E-state index is -0.962. The lowest BCUT2D eigenvalue weighted by atomic mass is 10.3. The second kappa shape index (κ2) is 4.24. The van der Waals surface area contributed by atoms with Crippen molar-refractivity contribution < 1.29 is 14.7 Å². The van der Waals surface area contributed by atoms with Crippen molar-refractivity contribution >= 4 is 11.9 Å². The largest absolute Gasteiger partial charge is 0.480 e. The van der Waals surface area contributed by atoms with Gasteiger partial charge in [-0.25, -0.2) is 0 Å². The Morgan fingerprint density at radius 1 is 1.47 bits per heavy atom. The number of carboxylic acids is 1. The number of carbonyl (C=O) groups is 2. The van der Waals surface area contributed by atoms with Gasteiger partial charge in [-0.3, -0.25) is 9.59 Å². The van der Waals surface area contributed by atoms with Gasteiger partial charge in [-0.05, 0) is 31.9 Å². The summed E-state index contributed by atoms with van der Waals surface area (Å²) in [7, 11) is 1.81. The lowest BCUT2D eigenvalue weighted by molar-refractivity contribution is -0.137. The minimum absolute atomic E-state index is 0.105. The van der Waals surface area contributed by atoms with Crippen LogP contribution >= 0.6 is 0 Å². The Morgan fingerprint density at radius 3 is 2.53 bits per heavy atom. The highest BCUT2D eigenvalue weighted by Gasteiger charge is 2.35. The summed E-state index contributed by atoms with van der Waals surface area (Å²) < 4.78 is 1.79. The zero-order valence-corrected chi connectivity index (χ0v) is 10.0. The van der Waals surface area contributed by atoms with Crippen LogP contribution in [0.5, 0.6) is 0 Å². The average Bonchev–Trinajstić information content (AvgIpc) is 3.04. The average molecular weight is 236 g/mol. The van der Waals surface area contributed by atoms with Crippen LogP contribution in [0.4, 0.5) is 0 Å². The summed E-state index contributed by atoms with van der Waals surface area (Å²) in [5, 5.41) is 8.83. The van der Waals surface area contributed by atoms with E-state index in [-0.39, 0.29) is 18.5 Å². The van der Waals surface area contributed by atoms with E-state index >= 15 is 0 Å². The smallest absolute Gasteiger partial charge is 0.323 e. The van der Waals surface area contributed by atoms with Crippen LogP contribution < -0.4 is 0 Å². The molecule has 1 aliphatic rings. The number of hydrogen-bond donors (Lipinski definition) is 1. The van der Waals surface area contributed by atoms with Crippen LogP contribution in [0.3, 0.4) is 0 Å². The first kappa shape index (κ1) is 11.7. The van der Waals surface area contributed by atoms with Crippen molar-refractivity contribution in [2.45, 2.75) is 25.8 Å². The molecule has 1 fully saturated rings. The van der Waals surface area contributed by atoms with Gasteiger partial charge in [0.15, 0.2) is 0 Å². The number of aromatic nitrogens is 1. The van der Waals surface area contributed by atoms with E-state index < -0.39 is 5.97 Å². The fourth-order valence-electron chi connectivity index (χ4n) is 1.87. The summed E-state index contributed by atoms with van der Waals surface area (Å²) in [5.41, 5.74) is 1.54. The van der Waals surface area contributed by atoms with Crippen molar-refractivity contribution in [2.75, 3.05) is 6.54 Å². The second-order valence-electron chi connectivity index (χ2n) is 4.48. The van der Waals surface area contributed by atoms with Gasteiger partial charge in [-0.2, -0.15) is 0 Å². The summed E-state index contributed by atoms with van der Waals surface area (Å²) in [4.78, 5) is 24.5. The van der Waals surface area contributed by atoms with Crippen LogP contribution in [0.15, 0.2) is 12.1 Å². The predicted octanol–water partition coefficient (Wildman–Crippen LogP) is 1.02. The molecule has 17 heavy (non-hydrogen) atoms. The van der Waals surface area contributed by atoms with E-state index in [4.69, 9.17) is 5.11 Å². The van der Waals surface area contributed by atoms with Crippen molar-refractivity contribution in [3.8, 4) is 0 Å². The maximum Gasteiger partial charge on any atom is 0.323 e. The number of aryl methyl sites for hydroxylation is 1. The molecule has 0 radical (unpaired) electrons. The molecular weight excluding hydrogens is 220 g/mol. The van der Waals surface area contributed by atoms with Gasteiger partial charge in [-0.15, -0.1) is 0 Å². The molecular formula is C12H16N2O3. The van der Waals surface area contributed by atoms with E-state index in [2.05, 4.69) is 0 Å². The molecule has 2 rings (SSSR count). The number of aliphatic carboxylic acids is 1. The van der Waals surface area contributed by atoms with E-state index in [0.717, 1.165) is 18.5 Å². The van der Waals surface area contributed by atoms with Crippen LogP contribution in [0.1, 0.15) is 29.0 Å². The van der Waals surface area contributed by atoms with Crippen LogP contribution in [0, 0.1) is 6.92 Å². The third kappa shape index (κ3) is 2.33. The van der Waals surface area contributed by atoms with E-state index in [9.17, 15) is 9.59 Å². The molecule has 1 aromatic heterocycles. The standard InChI is InChI=1S/C12H16N2O3/c1-8-3-6-10(13(8)2)12(17)14(7-11(15)16)9-4-5-9/h3,6,9H,4-5,7H2,1-2H3,(H,15,16). The first-order chi connectivity index (χ1) is 8.00. The van der Waals surface area contributed by atoms with E-state index in [0.29, 0.717) is 5.69 Å². The lowest BCUT2D eigenvalue weighted by Crippen LogP contribution is -2.38. The monoisotopic (exact) mass is 236 g/mol. The summed E-state index contributed by atoms with van der Waals surface area (Å²) in [6.07, 6.45) is 1.81. The van der Waals surface area contributed by atoms with E-state index in [1.165, 1.54) is 4.90 Å². The minimum Gasteiger partial charge on any atom is -0.480 e. The molecule has 0 aromatic carbocycles. The highest BCUT2D eigenvalue weighted by molar-refractivity contribution is 5.95. The number of carbonyl (C=O) groups excluding carboxylic acids is 1. The summed E-state index contributed by atoms with van der Waals surface area (Å²) >= 11 is 0. The zero-order chi connectivity index (χ0) is 12.6. The van der Waals surface area contributed by atoms with Crippen molar-refractivity contribution in [3.05, 3.63) is 23.5 Å². The van der Waals surface area contributed by atoms with Gasteiger partial charge >= 0.3 is 5.97 Å². The molecule has 1 saturated carbocycles. The first-order valence-electron chi connectivity index (χ1n) is 5.66. The van der Waals surface area contributed by atoms with Gasteiger partial charge in [0.25, 0.3) is 5.91 Å². The van der Waals surface area contributed by atoms with Gasteiger partial charge in [0.1, 0.15) is 12.2 Å². The van der Waals surface area contributed by atoms with Gasteiger partial charge in [0, 0.05) is 18.8 Å². The molecule has 1 heterocycles. The molecule has 0 saturated heterocycles. The Kier molecular flexibility index (Phi) is 2.92. The Bertz CT molecular complexity index is 460. The molecule has 0 aliphatic heterocycles. The molecule has 5 nitrogen and oxygen atoms in total. The second-order valence-corrected chi connectivity index (χ2v) is 4.48.